The number of carboxylic acids is 1. The number of hydrogen-bond donors (Lipinski definition) is 1. The highest BCUT2D eigenvalue weighted by molar-refractivity contribution is 5.85. The maximum Gasteiger partial charge on any atom is 0.356 e. The van der Waals surface area contributed by atoms with Crippen molar-refractivity contribution in [3.05, 3.63) is 18.1 Å². The third kappa shape index (κ3) is 2.20. The number of terminal acetylenes is 1. The van der Waals surface area contributed by atoms with Gasteiger partial charge in [-0.2, -0.15) is 0 Å². The van der Waals surface area contributed by atoms with E-state index >= 15 is 0 Å². The molecule has 0 atom stereocenters. The molecule has 0 fully saturated rings. The van der Waals surface area contributed by atoms with Gasteiger partial charge in [0.1, 0.15) is 5.82 Å². The van der Waals surface area contributed by atoms with Gasteiger partial charge in [0.15, 0.2) is 5.69 Å². The summed E-state index contributed by atoms with van der Waals surface area (Å²) in [5.41, 5.74) is -0.0913. The monoisotopic (exact) mass is 191 g/mol. The van der Waals surface area contributed by atoms with Crippen LogP contribution in [0.15, 0.2) is 12.4 Å². The molecule has 1 aromatic rings. The van der Waals surface area contributed by atoms with Crippen LogP contribution < -0.4 is 4.90 Å². The molecule has 5 nitrogen and oxygen atoms in total. The van der Waals surface area contributed by atoms with Gasteiger partial charge in [-0.3, -0.25) is 4.98 Å². The Kier molecular flexibility index (Phi) is 3.02. The van der Waals surface area contributed by atoms with E-state index in [1.54, 1.807) is 11.9 Å². The first-order valence-corrected chi connectivity index (χ1v) is 3.85. The van der Waals surface area contributed by atoms with Crippen molar-refractivity contribution in [1.29, 1.82) is 0 Å². The fourth-order valence-corrected chi connectivity index (χ4v) is 0.861. The van der Waals surface area contributed by atoms with Crippen molar-refractivity contribution in [2.45, 2.75) is 0 Å². The van der Waals surface area contributed by atoms with E-state index in [2.05, 4.69) is 15.9 Å². The Bertz CT molecular complexity index is 384. The Hall–Kier alpha value is -2.09. The van der Waals surface area contributed by atoms with Crippen molar-refractivity contribution >= 4 is 11.8 Å². The molecule has 0 bridgehead atoms. The lowest BCUT2D eigenvalue weighted by Gasteiger charge is -2.13. The van der Waals surface area contributed by atoms with E-state index in [0.29, 0.717) is 12.4 Å². The Morgan fingerprint density at radius 2 is 2.43 bits per heavy atom. The van der Waals surface area contributed by atoms with Crippen molar-refractivity contribution in [2.75, 3.05) is 18.5 Å². The van der Waals surface area contributed by atoms with Crippen LogP contribution in [-0.4, -0.2) is 34.6 Å². The van der Waals surface area contributed by atoms with Gasteiger partial charge in [-0.1, -0.05) is 5.92 Å². The Labute approximate surface area is 81.4 Å². The molecule has 1 rings (SSSR count). The molecule has 0 saturated heterocycles. The van der Waals surface area contributed by atoms with Gasteiger partial charge in [0.05, 0.1) is 18.9 Å². The maximum absolute atomic E-state index is 10.6. The summed E-state index contributed by atoms with van der Waals surface area (Å²) in [7, 11) is 1.72. The summed E-state index contributed by atoms with van der Waals surface area (Å²) in [4.78, 5) is 19.8. The third-order valence-electron chi connectivity index (χ3n) is 1.56. The molecule has 0 saturated carbocycles. The molecule has 0 aromatic carbocycles. The highest BCUT2D eigenvalue weighted by Gasteiger charge is 2.07. The number of aromatic carboxylic acids is 1. The predicted molar refractivity (Wildman–Crippen MR) is 51.1 cm³/mol. The van der Waals surface area contributed by atoms with Crippen LogP contribution in [0.2, 0.25) is 0 Å². The van der Waals surface area contributed by atoms with Crippen molar-refractivity contribution in [3.8, 4) is 12.3 Å². The first-order chi connectivity index (χ1) is 6.65. The summed E-state index contributed by atoms with van der Waals surface area (Å²) in [5, 5.41) is 8.66. The number of nitrogens with zero attached hydrogens (tertiary/aromatic N) is 3. The van der Waals surface area contributed by atoms with Crippen LogP contribution in [0.3, 0.4) is 0 Å². The molecule has 14 heavy (non-hydrogen) atoms. The lowest BCUT2D eigenvalue weighted by Crippen LogP contribution is -2.19. The highest BCUT2D eigenvalue weighted by atomic mass is 16.4. The maximum atomic E-state index is 10.6. The number of aromatic nitrogens is 2. The number of carboxylic acid groups (broad SMARTS) is 1. The molecule has 0 aliphatic heterocycles. The van der Waals surface area contributed by atoms with Crippen molar-refractivity contribution in [1.82, 2.24) is 9.97 Å². The zero-order chi connectivity index (χ0) is 10.6. The number of rotatable bonds is 3. The zero-order valence-electron chi connectivity index (χ0n) is 7.64. The van der Waals surface area contributed by atoms with E-state index < -0.39 is 5.97 Å². The molecule has 0 radical (unpaired) electrons. The first-order valence-electron chi connectivity index (χ1n) is 3.85. The Morgan fingerprint density at radius 3 is 3.00 bits per heavy atom. The lowest BCUT2D eigenvalue weighted by atomic mass is 10.4. The molecular formula is C9H9N3O2. The minimum Gasteiger partial charge on any atom is -0.476 e. The molecule has 1 aromatic heterocycles. The summed E-state index contributed by atoms with van der Waals surface area (Å²) in [5.74, 6) is 1.77. The standard InChI is InChI=1S/C9H9N3O2/c1-3-4-12(2)8-6-10-5-7(11-8)9(13)14/h1,5-6H,4H2,2H3,(H,13,14). The molecule has 0 aliphatic rings. The zero-order valence-corrected chi connectivity index (χ0v) is 7.64. The largest absolute Gasteiger partial charge is 0.476 e. The van der Waals surface area contributed by atoms with E-state index in [0.717, 1.165) is 0 Å². The Balaban J connectivity index is 2.94. The van der Waals surface area contributed by atoms with Crippen LogP contribution in [0.4, 0.5) is 5.82 Å². The number of hydrogen-bond acceptors (Lipinski definition) is 4. The normalized spacial score (nSPS) is 9.14. The smallest absolute Gasteiger partial charge is 0.356 e. The van der Waals surface area contributed by atoms with Crippen molar-refractivity contribution in [2.24, 2.45) is 0 Å². The van der Waals surface area contributed by atoms with E-state index in [1.807, 2.05) is 0 Å². The van der Waals surface area contributed by atoms with Crippen molar-refractivity contribution in [3.63, 3.8) is 0 Å². The van der Waals surface area contributed by atoms with Crippen LogP contribution in [0.1, 0.15) is 10.5 Å². The molecule has 72 valence electrons. The van der Waals surface area contributed by atoms with Gasteiger partial charge in [-0.05, 0) is 0 Å². The minimum absolute atomic E-state index is 0.0913. The third-order valence-corrected chi connectivity index (χ3v) is 1.56. The van der Waals surface area contributed by atoms with Gasteiger partial charge in [0, 0.05) is 7.05 Å². The fraction of sp³-hybridized carbons (Fsp3) is 0.222. The average molecular weight is 191 g/mol. The van der Waals surface area contributed by atoms with Gasteiger partial charge in [0.25, 0.3) is 0 Å². The van der Waals surface area contributed by atoms with Gasteiger partial charge >= 0.3 is 5.97 Å². The van der Waals surface area contributed by atoms with E-state index in [4.69, 9.17) is 11.5 Å². The molecule has 5 heteroatoms. The second-order valence-corrected chi connectivity index (χ2v) is 2.63. The summed E-state index contributed by atoms with van der Waals surface area (Å²) in [6, 6.07) is 0. The Morgan fingerprint density at radius 1 is 1.71 bits per heavy atom. The average Bonchev–Trinajstić information content (AvgIpc) is 2.18. The summed E-state index contributed by atoms with van der Waals surface area (Å²) in [6.45, 7) is 0.359. The second kappa shape index (κ2) is 4.23. The molecule has 0 unspecified atom stereocenters. The number of carbonyl (C=O) groups is 1. The van der Waals surface area contributed by atoms with Crippen molar-refractivity contribution < 1.29 is 9.90 Å². The molecule has 1 heterocycles. The minimum atomic E-state index is -1.10. The fourth-order valence-electron chi connectivity index (χ4n) is 0.861. The van der Waals surface area contributed by atoms with E-state index in [1.165, 1.54) is 12.4 Å². The molecular weight excluding hydrogens is 182 g/mol. The van der Waals surface area contributed by atoms with Crippen LogP contribution in [0.25, 0.3) is 0 Å². The molecule has 0 spiro atoms. The molecule has 1 N–H and O–H groups in total. The SMILES string of the molecule is C#CCN(C)c1cncc(C(=O)O)n1. The quantitative estimate of drug-likeness (QED) is 0.693. The van der Waals surface area contributed by atoms with Crippen LogP contribution in [0, 0.1) is 12.3 Å². The van der Waals surface area contributed by atoms with Crippen LogP contribution >= 0.6 is 0 Å². The highest BCUT2D eigenvalue weighted by Crippen LogP contribution is 2.06. The van der Waals surface area contributed by atoms with Gasteiger partial charge < -0.3 is 10.0 Å². The van der Waals surface area contributed by atoms with Gasteiger partial charge in [0.2, 0.25) is 0 Å². The predicted octanol–water partition coefficient (Wildman–Crippen LogP) is 0.244. The van der Waals surface area contributed by atoms with Gasteiger partial charge in [-0.25, -0.2) is 9.78 Å². The van der Waals surface area contributed by atoms with E-state index in [-0.39, 0.29) is 5.69 Å². The first kappa shape index (κ1) is 9.99. The van der Waals surface area contributed by atoms with Crippen LogP contribution in [0.5, 0.6) is 0 Å². The van der Waals surface area contributed by atoms with Gasteiger partial charge in [-0.15, -0.1) is 6.42 Å². The van der Waals surface area contributed by atoms with E-state index in [9.17, 15) is 4.79 Å². The summed E-state index contributed by atoms with van der Waals surface area (Å²) < 4.78 is 0. The summed E-state index contributed by atoms with van der Waals surface area (Å²) >= 11 is 0. The lowest BCUT2D eigenvalue weighted by molar-refractivity contribution is 0.0690. The second-order valence-electron chi connectivity index (χ2n) is 2.63. The molecule has 0 aliphatic carbocycles. The number of anilines is 1. The van der Waals surface area contributed by atoms with Crippen LogP contribution in [-0.2, 0) is 0 Å². The summed E-state index contributed by atoms with van der Waals surface area (Å²) in [6.07, 6.45) is 7.76. The molecule has 0 amide bonds. The topological polar surface area (TPSA) is 66.3 Å².